The van der Waals surface area contributed by atoms with Gasteiger partial charge in [-0.15, -0.1) is 0 Å². The van der Waals surface area contributed by atoms with Crippen LogP contribution in [0.2, 0.25) is 0 Å². The summed E-state index contributed by atoms with van der Waals surface area (Å²) in [6.45, 7) is 2.21. The summed E-state index contributed by atoms with van der Waals surface area (Å²) in [5, 5.41) is 15.7. The van der Waals surface area contributed by atoms with Crippen molar-refractivity contribution in [1.82, 2.24) is 4.72 Å². The SMILES string of the molecule is CCCCS(=O)(=O)N[C@@H](Cc1ccc(OCc2cccc(NC=NN)c2)cc1)C(=O)O. The number of anilines is 1. The van der Waals surface area contributed by atoms with Crippen LogP contribution in [0.5, 0.6) is 5.75 Å². The van der Waals surface area contributed by atoms with Crippen molar-refractivity contribution in [3.63, 3.8) is 0 Å². The van der Waals surface area contributed by atoms with Crippen LogP contribution in [0.15, 0.2) is 53.6 Å². The zero-order chi connectivity index (χ0) is 22.7. The second-order valence-electron chi connectivity index (χ2n) is 6.94. The number of nitrogens with one attached hydrogen (secondary N) is 2. The van der Waals surface area contributed by atoms with Gasteiger partial charge in [-0.25, -0.2) is 13.1 Å². The summed E-state index contributed by atoms with van der Waals surface area (Å²) in [5.41, 5.74) is 2.45. The van der Waals surface area contributed by atoms with Crippen molar-refractivity contribution in [2.75, 3.05) is 11.1 Å². The molecule has 9 nitrogen and oxygen atoms in total. The lowest BCUT2D eigenvalue weighted by atomic mass is 10.1. The summed E-state index contributed by atoms with van der Waals surface area (Å²) < 4.78 is 32.1. The van der Waals surface area contributed by atoms with Gasteiger partial charge in [-0.1, -0.05) is 37.6 Å². The van der Waals surface area contributed by atoms with Gasteiger partial charge < -0.3 is 21.0 Å². The van der Waals surface area contributed by atoms with Gasteiger partial charge in [0.25, 0.3) is 0 Å². The van der Waals surface area contributed by atoms with Crippen molar-refractivity contribution in [2.45, 2.75) is 38.8 Å². The zero-order valence-corrected chi connectivity index (χ0v) is 18.1. The Kier molecular flexibility index (Phi) is 9.29. The van der Waals surface area contributed by atoms with Crippen LogP contribution in [0.4, 0.5) is 5.69 Å². The molecule has 10 heteroatoms. The maximum atomic E-state index is 12.0. The molecular formula is C21H28N4O5S. The number of aliphatic carboxylic acids is 1. The Morgan fingerprint density at radius 1 is 1.23 bits per heavy atom. The molecule has 2 aromatic carbocycles. The van der Waals surface area contributed by atoms with E-state index in [1.54, 1.807) is 24.3 Å². The second-order valence-corrected chi connectivity index (χ2v) is 8.81. The highest BCUT2D eigenvalue weighted by Gasteiger charge is 2.24. The number of benzene rings is 2. The minimum Gasteiger partial charge on any atom is -0.489 e. The first kappa shape index (κ1) is 24.2. The monoisotopic (exact) mass is 448 g/mol. The van der Waals surface area contributed by atoms with Gasteiger partial charge in [0.05, 0.1) is 5.75 Å². The highest BCUT2D eigenvalue weighted by molar-refractivity contribution is 7.89. The van der Waals surface area contributed by atoms with Gasteiger partial charge in [0, 0.05) is 5.69 Å². The number of nitrogens with zero attached hydrogens (tertiary/aromatic N) is 1. The predicted molar refractivity (Wildman–Crippen MR) is 120 cm³/mol. The molecular weight excluding hydrogens is 420 g/mol. The average molecular weight is 449 g/mol. The van der Waals surface area contributed by atoms with Crippen molar-refractivity contribution >= 4 is 28.0 Å². The van der Waals surface area contributed by atoms with E-state index in [1.807, 2.05) is 31.2 Å². The molecule has 0 heterocycles. The quantitative estimate of drug-likeness (QED) is 0.159. The number of nitrogens with two attached hydrogens (primary N) is 1. The predicted octanol–water partition coefficient (Wildman–Crippen LogP) is 2.29. The lowest BCUT2D eigenvalue weighted by Gasteiger charge is -2.15. The van der Waals surface area contributed by atoms with Gasteiger partial charge in [-0.2, -0.15) is 5.10 Å². The van der Waals surface area contributed by atoms with Crippen LogP contribution in [-0.4, -0.2) is 37.6 Å². The van der Waals surface area contributed by atoms with Crippen LogP contribution in [0.1, 0.15) is 30.9 Å². The minimum atomic E-state index is -3.64. The Labute approximate surface area is 182 Å². The third-order valence-electron chi connectivity index (χ3n) is 4.39. The Hall–Kier alpha value is -3.11. The maximum Gasteiger partial charge on any atom is 0.322 e. The van der Waals surface area contributed by atoms with E-state index in [1.165, 1.54) is 6.34 Å². The van der Waals surface area contributed by atoms with E-state index in [0.29, 0.717) is 30.8 Å². The lowest BCUT2D eigenvalue weighted by molar-refractivity contribution is -0.138. The van der Waals surface area contributed by atoms with E-state index >= 15 is 0 Å². The molecule has 0 radical (unpaired) electrons. The molecule has 0 saturated heterocycles. The number of sulfonamides is 1. The summed E-state index contributed by atoms with van der Waals surface area (Å²) in [6.07, 6.45) is 2.61. The van der Waals surface area contributed by atoms with E-state index < -0.39 is 22.0 Å². The van der Waals surface area contributed by atoms with E-state index in [2.05, 4.69) is 15.1 Å². The van der Waals surface area contributed by atoms with Gasteiger partial charge in [0.2, 0.25) is 10.0 Å². The molecule has 0 aliphatic rings. The van der Waals surface area contributed by atoms with Gasteiger partial charge >= 0.3 is 5.97 Å². The van der Waals surface area contributed by atoms with Crippen LogP contribution in [0.3, 0.4) is 0 Å². The standard InChI is InChI=1S/C21H28N4O5S/c1-2-3-11-31(28,29)25-20(21(26)27)13-16-7-9-19(10-8-16)30-14-17-5-4-6-18(12-17)23-15-24-22/h4-10,12,15,20,25H,2-3,11,13-14,22H2,1H3,(H,23,24)(H,26,27)/t20-/m0/s1. The van der Waals surface area contributed by atoms with Crippen molar-refractivity contribution < 1.29 is 23.1 Å². The second kappa shape index (κ2) is 11.9. The fourth-order valence-electron chi connectivity index (χ4n) is 2.78. The molecule has 0 amide bonds. The van der Waals surface area contributed by atoms with E-state index in [-0.39, 0.29) is 12.2 Å². The molecule has 0 fully saturated rings. The van der Waals surface area contributed by atoms with Crippen LogP contribution in [0, 0.1) is 0 Å². The first-order valence-electron chi connectivity index (χ1n) is 9.84. The normalized spacial score (nSPS) is 12.5. The molecule has 0 unspecified atom stereocenters. The van der Waals surface area contributed by atoms with E-state index in [0.717, 1.165) is 11.3 Å². The number of rotatable bonds is 13. The molecule has 0 spiro atoms. The Morgan fingerprint density at radius 2 is 1.97 bits per heavy atom. The maximum absolute atomic E-state index is 12.0. The fourth-order valence-corrected chi connectivity index (χ4v) is 4.18. The smallest absolute Gasteiger partial charge is 0.322 e. The molecule has 0 saturated carbocycles. The first-order chi connectivity index (χ1) is 14.8. The van der Waals surface area contributed by atoms with E-state index in [9.17, 15) is 18.3 Å². The van der Waals surface area contributed by atoms with Gasteiger partial charge in [-0.3, -0.25) is 4.79 Å². The molecule has 2 aromatic rings. The minimum absolute atomic E-state index is 0.0391. The van der Waals surface area contributed by atoms with Crippen molar-refractivity contribution in [3.8, 4) is 5.75 Å². The Balaban J connectivity index is 1.95. The molecule has 0 aliphatic heterocycles. The number of carboxylic acid groups (broad SMARTS) is 1. The Morgan fingerprint density at radius 3 is 2.61 bits per heavy atom. The summed E-state index contributed by atoms with van der Waals surface area (Å²) in [6, 6.07) is 13.2. The van der Waals surface area contributed by atoms with Crippen molar-refractivity contribution in [1.29, 1.82) is 0 Å². The van der Waals surface area contributed by atoms with Crippen LogP contribution in [0.25, 0.3) is 0 Å². The Bertz CT molecular complexity index is 978. The fraction of sp³-hybridized carbons (Fsp3) is 0.333. The number of hydrogen-bond acceptors (Lipinski definition) is 6. The van der Waals surface area contributed by atoms with Gasteiger partial charge in [0.15, 0.2) is 0 Å². The largest absolute Gasteiger partial charge is 0.489 e. The van der Waals surface area contributed by atoms with Crippen LogP contribution in [-0.2, 0) is 27.8 Å². The molecule has 2 rings (SSSR count). The summed E-state index contributed by atoms with van der Waals surface area (Å²) in [7, 11) is -3.64. The summed E-state index contributed by atoms with van der Waals surface area (Å²) >= 11 is 0. The summed E-state index contributed by atoms with van der Waals surface area (Å²) in [5.74, 6) is 4.38. The van der Waals surface area contributed by atoms with Crippen molar-refractivity contribution in [3.05, 3.63) is 59.7 Å². The molecule has 1 atom stereocenters. The third kappa shape index (κ3) is 8.65. The highest BCUT2D eigenvalue weighted by Crippen LogP contribution is 2.17. The molecule has 0 aromatic heterocycles. The number of unbranched alkanes of at least 4 members (excludes halogenated alkanes) is 1. The van der Waals surface area contributed by atoms with Crippen LogP contribution >= 0.6 is 0 Å². The van der Waals surface area contributed by atoms with Gasteiger partial charge in [-0.05, 0) is 48.2 Å². The third-order valence-corrected chi connectivity index (χ3v) is 5.86. The number of hydrazone groups is 1. The zero-order valence-electron chi connectivity index (χ0n) is 17.3. The number of carbonyl (C=O) groups is 1. The molecule has 0 bridgehead atoms. The highest BCUT2D eigenvalue weighted by atomic mass is 32.2. The topological polar surface area (TPSA) is 143 Å². The van der Waals surface area contributed by atoms with Gasteiger partial charge in [0.1, 0.15) is 24.7 Å². The average Bonchev–Trinajstić information content (AvgIpc) is 2.75. The van der Waals surface area contributed by atoms with E-state index in [4.69, 9.17) is 10.6 Å². The molecule has 0 aliphatic carbocycles. The molecule has 31 heavy (non-hydrogen) atoms. The van der Waals surface area contributed by atoms with Crippen molar-refractivity contribution in [2.24, 2.45) is 10.9 Å². The summed E-state index contributed by atoms with van der Waals surface area (Å²) in [4.78, 5) is 11.5. The first-order valence-corrected chi connectivity index (χ1v) is 11.5. The molecule has 5 N–H and O–H groups in total. The number of carboxylic acids is 1. The number of ether oxygens (including phenoxy) is 1. The lowest BCUT2D eigenvalue weighted by Crippen LogP contribution is -2.43. The molecule has 168 valence electrons. The number of hydrogen-bond donors (Lipinski definition) is 4. The van der Waals surface area contributed by atoms with Crippen LogP contribution < -0.4 is 20.6 Å².